The smallest absolute Gasteiger partial charge is 0.259 e. The van der Waals surface area contributed by atoms with Crippen molar-refractivity contribution in [3.63, 3.8) is 0 Å². The standard InChI is InChI=1S/C27H25ClN4O2/c1-3-25(33)29-22-14-9-18(2)24(15-22)30-27(34)23-17-32(16-19-7-5-4-6-8-19)31-26(23)20-10-12-21(28)13-11-20/h4-15,17H,3,16H2,1-2H3,(H,29,33)(H,30,34). The molecule has 0 fully saturated rings. The van der Waals surface area contributed by atoms with Crippen LogP contribution >= 0.6 is 11.6 Å². The van der Waals surface area contributed by atoms with Crippen molar-refractivity contribution in [1.29, 1.82) is 0 Å². The number of rotatable bonds is 7. The van der Waals surface area contributed by atoms with E-state index >= 15 is 0 Å². The number of benzene rings is 3. The van der Waals surface area contributed by atoms with E-state index in [2.05, 4.69) is 10.6 Å². The number of carbonyl (C=O) groups is 2. The molecule has 0 radical (unpaired) electrons. The van der Waals surface area contributed by atoms with Gasteiger partial charge in [-0.25, -0.2) is 0 Å². The monoisotopic (exact) mass is 472 g/mol. The molecule has 0 aliphatic rings. The molecular weight excluding hydrogens is 448 g/mol. The molecule has 7 heteroatoms. The van der Waals surface area contributed by atoms with E-state index in [0.717, 1.165) is 16.7 Å². The van der Waals surface area contributed by atoms with Crippen molar-refractivity contribution in [2.24, 2.45) is 0 Å². The largest absolute Gasteiger partial charge is 0.326 e. The summed E-state index contributed by atoms with van der Waals surface area (Å²) < 4.78 is 1.76. The third-order valence-electron chi connectivity index (χ3n) is 5.40. The molecule has 1 aromatic heterocycles. The number of aryl methyl sites for hydroxylation is 1. The zero-order valence-corrected chi connectivity index (χ0v) is 19.8. The highest BCUT2D eigenvalue weighted by Crippen LogP contribution is 2.27. The van der Waals surface area contributed by atoms with E-state index < -0.39 is 0 Å². The van der Waals surface area contributed by atoms with Gasteiger partial charge in [0.05, 0.1) is 12.1 Å². The van der Waals surface area contributed by atoms with Gasteiger partial charge in [-0.3, -0.25) is 14.3 Å². The lowest BCUT2D eigenvalue weighted by molar-refractivity contribution is -0.115. The van der Waals surface area contributed by atoms with Crippen molar-refractivity contribution >= 4 is 34.8 Å². The molecule has 0 bridgehead atoms. The Kier molecular flexibility index (Phi) is 7.09. The minimum absolute atomic E-state index is 0.0895. The molecule has 34 heavy (non-hydrogen) atoms. The second-order valence-electron chi connectivity index (χ2n) is 7.97. The number of hydrogen-bond donors (Lipinski definition) is 2. The van der Waals surface area contributed by atoms with Gasteiger partial charge in [-0.2, -0.15) is 5.10 Å². The summed E-state index contributed by atoms with van der Waals surface area (Å²) in [6.07, 6.45) is 2.13. The molecule has 6 nitrogen and oxygen atoms in total. The lowest BCUT2D eigenvalue weighted by Gasteiger charge is -2.11. The van der Waals surface area contributed by atoms with Crippen LogP contribution in [0.15, 0.2) is 79.0 Å². The van der Waals surface area contributed by atoms with Gasteiger partial charge < -0.3 is 10.6 Å². The zero-order valence-electron chi connectivity index (χ0n) is 19.0. The van der Waals surface area contributed by atoms with Gasteiger partial charge >= 0.3 is 0 Å². The molecule has 0 aliphatic heterocycles. The highest BCUT2D eigenvalue weighted by Gasteiger charge is 2.19. The van der Waals surface area contributed by atoms with Gasteiger partial charge in [0.1, 0.15) is 5.69 Å². The highest BCUT2D eigenvalue weighted by atomic mass is 35.5. The fourth-order valence-corrected chi connectivity index (χ4v) is 3.66. The third kappa shape index (κ3) is 5.53. The fourth-order valence-electron chi connectivity index (χ4n) is 3.53. The lowest BCUT2D eigenvalue weighted by Crippen LogP contribution is -2.14. The van der Waals surface area contributed by atoms with Crippen LogP contribution in [0.5, 0.6) is 0 Å². The van der Waals surface area contributed by atoms with E-state index in [1.807, 2.05) is 61.5 Å². The number of nitrogens with one attached hydrogen (secondary N) is 2. The summed E-state index contributed by atoms with van der Waals surface area (Å²) in [6.45, 7) is 4.23. The van der Waals surface area contributed by atoms with E-state index in [1.165, 1.54) is 0 Å². The van der Waals surface area contributed by atoms with E-state index in [-0.39, 0.29) is 11.8 Å². The average Bonchev–Trinajstić information content (AvgIpc) is 3.26. The Hall–Kier alpha value is -3.90. The molecule has 0 unspecified atom stereocenters. The van der Waals surface area contributed by atoms with Gasteiger partial charge in [-0.05, 0) is 42.3 Å². The summed E-state index contributed by atoms with van der Waals surface area (Å²) in [7, 11) is 0. The maximum absolute atomic E-state index is 13.4. The Balaban J connectivity index is 1.66. The van der Waals surface area contributed by atoms with Gasteiger partial charge in [0.15, 0.2) is 0 Å². The minimum Gasteiger partial charge on any atom is -0.326 e. The van der Waals surface area contributed by atoms with Crippen LogP contribution in [0.4, 0.5) is 11.4 Å². The predicted octanol–water partition coefficient (Wildman–Crippen LogP) is 6.16. The van der Waals surface area contributed by atoms with E-state index in [0.29, 0.717) is 40.6 Å². The maximum Gasteiger partial charge on any atom is 0.259 e. The Morgan fingerprint density at radius 3 is 2.41 bits per heavy atom. The summed E-state index contributed by atoms with van der Waals surface area (Å²) in [5, 5.41) is 11.1. The molecule has 0 spiro atoms. The number of aromatic nitrogens is 2. The molecule has 4 aromatic rings. The topological polar surface area (TPSA) is 76.0 Å². The van der Waals surface area contributed by atoms with Crippen LogP contribution in [0, 0.1) is 6.92 Å². The number of hydrogen-bond acceptors (Lipinski definition) is 3. The number of carbonyl (C=O) groups excluding carboxylic acids is 2. The predicted molar refractivity (Wildman–Crippen MR) is 136 cm³/mol. The summed E-state index contributed by atoms with van der Waals surface area (Å²) in [5.74, 6) is -0.375. The quantitative estimate of drug-likeness (QED) is 0.338. The highest BCUT2D eigenvalue weighted by molar-refractivity contribution is 6.30. The van der Waals surface area contributed by atoms with Gasteiger partial charge in [0, 0.05) is 34.6 Å². The zero-order chi connectivity index (χ0) is 24.1. The molecule has 1 heterocycles. The summed E-state index contributed by atoms with van der Waals surface area (Å²) in [5.41, 5.74) is 5.02. The number of amides is 2. The Bertz CT molecular complexity index is 1310. The first-order chi connectivity index (χ1) is 16.4. The van der Waals surface area contributed by atoms with E-state index in [4.69, 9.17) is 16.7 Å². The number of halogens is 1. The van der Waals surface area contributed by atoms with Crippen molar-refractivity contribution in [3.05, 3.63) is 101 Å². The third-order valence-corrected chi connectivity index (χ3v) is 5.65. The first-order valence-corrected chi connectivity index (χ1v) is 11.4. The molecular formula is C27H25ClN4O2. The molecule has 2 N–H and O–H groups in total. The Morgan fingerprint density at radius 2 is 1.71 bits per heavy atom. The summed E-state index contributed by atoms with van der Waals surface area (Å²) in [6, 6.07) is 22.6. The molecule has 0 atom stereocenters. The van der Waals surface area contributed by atoms with Crippen LogP contribution in [-0.4, -0.2) is 21.6 Å². The average molecular weight is 473 g/mol. The number of nitrogens with zero attached hydrogens (tertiary/aromatic N) is 2. The first-order valence-electron chi connectivity index (χ1n) is 11.0. The van der Waals surface area contributed by atoms with Crippen molar-refractivity contribution < 1.29 is 9.59 Å². The molecule has 2 amide bonds. The van der Waals surface area contributed by atoms with Crippen molar-refractivity contribution in [1.82, 2.24) is 9.78 Å². The Morgan fingerprint density at radius 1 is 0.971 bits per heavy atom. The first kappa shape index (κ1) is 23.3. The van der Waals surface area contributed by atoms with Gasteiger partial charge in [0.25, 0.3) is 5.91 Å². The molecule has 3 aromatic carbocycles. The molecule has 0 aliphatic carbocycles. The second kappa shape index (κ2) is 10.4. The van der Waals surface area contributed by atoms with Crippen LogP contribution in [0.2, 0.25) is 5.02 Å². The second-order valence-corrected chi connectivity index (χ2v) is 8.40. The van der Waals surface area contributed by atoms with Crippen LogP contribution < -0.4 is 10.6 Å². The summed E-state index contributed by atoms with van der Waals surface area (Å²) in [4.78, 5) is 25.2. The van der Waals surface area contributed by atoms with Crippen molar-refractivity contribution in [2.45, 2.75) is 26.8 Å². The fraction of sp³-hybridized carbons (Fsp3) is 0.148. The normalized spacial score (nSPS) is 10.7. The molecule has 4 rings (SSSR count). The van der Waals surface area contributed by atoms with Gasteiger partial charge in [0.2, 0.25) is 5.91 Å². The van der Waals surface area contributed by atoms with Gasteiger partial charge in [-0.1, -0.05) is 67.1 Å². The molecule has 0 saturated carbocycles. The van der Waals surface area contributed by atoms with Crippen molar-refractivity contribution in [3.8, 4) is 11.3 Å². The van der Waals surface area contributed by atoms with E-state index in [9.17, 15) is 9.59 Å². The van der Waals surface area contributed by atoms with Crippen LogP contribution in [0.25, 0.3) is 11.3 Å². The SMILES string of the molecule is CCC(=O)Nc1ccc(C)c(NC(=O)c2cn(Cc3ccccc3)nc2-c2ccc(Cl)cc2)c1. The van der Waals surface area contributed by atoms with Crippen LogP contribution in [0.1, 0.15) is 34.8 Å². The Labute approximate surface area is 203 Å². The van der Waals surface area contributed by atoms with Gasteiger partial charge in [-0.15, -0.1) is 0 Å². The minimum atomic E-state index is -0.286. The molecule has 172 valence electrons. The maximum atomic E-state index is 13.4. The lowest BCUT2D eigenvalue weighted by atomic mass is 10.1. The van der Waals surface area contributed by atoms with Crippen molar-refractivity contribution in [2.75, 3.05) is 10.6 Å². The number of anilines is 2. The van der Waals surface area contributed by atoms with Crippen LogP contribution in [0.3, 0.4) is 0 Å². The van der Waals surface area contributed by atoms with E-state index in [1.54, 1.807) is 36.0 Å². The molecule has 0 saturated heterocycles. The summed E-state index contributed by atoms with van der Waals surface area (Å²) >= 11 is 6.07. The van der Waals surface area contributed by atoms with Crippen LogP contribution in [-0.2, 0) is 11.3 Å².